The highest BCUT2D eigenvalue weighted by atomic mass is 35.5. The first-order valence-corrected chi connectivity index (χ1v) is 6.73. The Hall–Kier alpha value is -1.84. The average Bonchev–Trinajstić information content (AvgIpc) is 2.39. The zero-order chi connectivity index (χ0) is 14.5. The zero-order valence-electron chi connectivity index (χ0n) is 9.98. The molecule has 0 spiro atoms. The van der Waals surface area contributed by atoms with Crippen LogP contribution in [-0.2, 0) is 0 Å². The van der Waals surface area contributed by atoms with Gasteiger partial charge in [-0.15, -0.1) is 0 Å². The van der Waals surface area contributed by atoms with Crippen LogP contribution in [0.2, 0.25) is 5.15 Å². The highest BCUT2D eigenvalue weighted by Crippen LogP contribution is 2.33. The first-order valence-electron chi connectivity index (χ1n) is 5.47. The van der Waals surface area contributed by atoms with Gasteiger partial charge in [0, 0.05) is 4.90 Å². The zero-order valence-corrected chi connectivity index (χ0v) is 11.6. The van der Waals surface area contributed by atoms with Crippen molar-refractivity contribution in [2.24, 2.45) is 0 Å². The first-order chi connectivity index (χ1) is 9.58. The van der Waals surface area contributed by atoms with Gasteiger partial charge in [0.15, 0.2) is 0 Å². The molecule has 0 amide bonds. The van der Waals surface area contributed by atoms with Crippen molar-refractivity contribution in [2.75, 3.05) is 5.32 Å². The summed E-state index contributed by atoms with van der Waals surface area (Å²) in [6.07, 6.45) is 0. The van der Waals surface area contributed by atoms with Crippen molar-refractivity contribution < 1.29 is 8.78 Å². The highest BCUT2D eigenvalue weighted by molar-refractivity contribution is 7.99. The fourth-order valence-electron chi connectivity index (χ4n) is 1.53. The Morgan fingerprint density at radius 3 is 2.75 bits per heavy atom. The number of thioether (sulfide) groups is 1. The van der Waals surface area contributed by atoms with Crippen LogP contribution in [0.25, 0.3) is 0 Å². The summed E-state index contributed by atoms with van der Waals surface area (Å²) in [6.45, 7) is 0. The van der Waals surface area contributed by atoms with Gasteiger partial charge in [-0.3, -0.25) is 0 Å². The van der Waals surface area contributed by atoms with Crippen molar-refractivity contribution in [1.82, 2.24) is 4.98 Å². The van der Waals surface area contributed by atoms with E-state index >= 15 is 0 Å². The molecule has 1 N–H and O–H groups in total. The van der Waals surface area contributed by atoms with Gasteiger partial charge in [-0.1, -0.05) is 35.5 Å². The fraction of sp³-hybridized carbons (Fsp3) is 0.0769. The van der Waals surface area contributed by atoms with Gasteiger partial charge in [-0.05, 0) is 24.3 Å². The molecule has 0 atom stereocenters. The second kappa shape index (κ2) is 6.55. The molecule has 0 aliphatic heterocycles. The maximum absolute atomic E-state index is 12.5. The van der Waals surface area contributed by atoms with Gasteiger partial charge in [-0.25, -0.2) is 4.98 Å². The molecule has 2 aromatic rings. The molecule has 0 aliphatic carbocycles. The van der Waals surface area contributed by atoms with Crippen molar-refractivity contribution in [2.45, 2.75) is 10.7 Å². The summed E-state index contributed by atoms with van der Waals surface area (Å²) in [4.78, 5) is 4.40. The molecule has 1 heterocycles. The largest absolute Gasteiger partial charge is 0.339 e. The lowest BCUT2D eigenvalue weighted by atomic mass is 10.2. The lowest BCUT2D eigenvalue weighted by molar-refractivity contribution is 0.252. The normalized spacial score (nSPS) is 10.3. The van der Waals surface area contributed by atoms with Crippen LogP contribution in [0, 0.1) is 11.3 Å². The third-order valence-corrected chi connectivity index (χ3v) is 3.27. The molecule has 0 radical (unpaired) electrons. The van der Waals surface area contributed by atoms with E-state index in [9.17, 15) is 8.78 Å². The molecule has 3 nitrogen and oxygen atoms in total. The average molecular weight is 312 g/mol. The molecule has 1 aromatic heterocycles. The Morgan fingerprint density at radius 1 is 1.30 bits per heavy atom. The monoisotopic (exact) mass is 311 g/mol. The number of anilines is 2. The number of halogens is 3. The summed E-state index contributed by atoms with van der Waals surface area (Å²) in [5, 5.41) is 11.9. The first kappa shape index (κ1) is 14.6. The van der Waals surface area contributed by atoms with E-state index in [-0.39, 0.29) is 5.15 Å². The molecule has 0 unspecified atom stereocenters. The third-order valence-electron chi connectivity index (χ3n) is 2.29. The SMILES string of the molecule is N#Cc1cc(Cl)nc(Nc2ccccc2SC(F)F)c1. The van der Waals surface area contributed by atoms with Crippen LogP contribution in [-0.4, -0.2) is 10.7 Å². The number of pyridine rings is 1. The van der Waals surface area contributed by atoms with Crippen molar-refractivity contribution in [3.8, 4) is 6.07 Å². The fourth-order valence-corrected chi connectivity index (χ4v) is 2.34. The summed E-state index contributed by atoms with van der Waals surface area (Å²) in [6, 6.07) is 11.5. The van der Waals surface area contributed by atoms with Crippen LogP contribution < -0.4 is 5.32 Å². The van der Waals surface area contributed by atoms with E-state index in [0.29, 0.717) is 33.7 Å². The smallest absolute Gasteiger partial charge is 0.288 e. The van der Waals surface area contributed by atoms with E-state index < -0.39 is 5.76 Å². The molecule has 0 bridgehead atoms. The Bertz CT molecular complexity index is 658. The number of nitriles is 1. The molecule has 20 heavy (non-hydrogen) atoms. The third kappa shape index (κ3) is 3.83. The van der Waals surface area contributed by atoms with Gasteiger partial charge >= 0.3 is 0 Å². The molecule has 0 aliphatic rings. The summed E-state index contributed by atoms with van der Waals surface area (Å²) < 4.78 is 25.0. The number of hydrogen-bond donors (Lipinski definition) is 1. The lowest BCUT2D eigenvalue weighted by Crippen LogP contribution is -1.97. The lowest BCUT2D eigenvalue weighted by Gasteiger charge is -2.11. The minimum Gasteiger partial charge on any atom is -0.339 e. The molecule has 2 rings (SSSR count). The van der Waals surface area contributed by atoms with Crippen molar-refractivity contribution in [3.63, 3.8) is 0 Å². The standard InChI is InChI=1S/C13H8ClF2N3S/c14-11-5-8(7-17)6-12(19-11)18-9-3-1-2-4-10(9)20-13(15)16/h1-6,13H,(H,18,19). The Labute approximate surface area is 123 Å². The molecular formula is C13H8ClF2N3S. The minimum absolute atomic E-state index is 0.158. The van der Waals surface area contributed by atoms with E-state index in [0.717, 1.165) is 0 Å². The van der Waals surface area contributed by atoms with Gasteiger partial charge in [0.1, 0.15) is 11.0 Å². The maximum Gasteiger partial charge on any atom is 0.288 e. The quantitative estimate of drug-likeness (QED) is 0.658. The van der Waals surface area contributed by atoms with Crippen molar-refractivity contribution >= 4 is 34.9 Å². The Balaban J connectivity index is 2.30. The summed E-state index contributed by atoms with van der Waals surface area (Å²) >= 11 is 6.23. The molecule has 0 saturated carbocycles. The van der Waals surface area contributed by atoms with Crippen molar-refractivity contribution in [3.05, 3.63) is 47.1 Å². The van der Waals surface area contributed by atoms with Gasteiger partial charge in [0.05, 0.1) is 17.3 Å². The molecular weight excluding hydrogens is 304 g/mol. The minimum atomic E-state index is -2.51. The van der Waals surface area contributed by atoms with E-state index in [2.05, 4.69) is 10.3 Å². The molecule has 7 heteroatoms. The van der Waals surface area contributed by atoms with Gasteiger partial charge in [-0.2, -0.15) is 14.0 Å². The topological polar surface area (TPSA) is 48.7 Å². The van der Waals surface area contributed by atoms with Crippen LogP contribution in [0.5, 0.6) is 0 Å². The van der Waals surface area contributed by atoms with E-state index in [4.69, 9.17) is 16.9 Å². The van der Waals surface area contributed by atoms with Crippen LogP contribution in [0.15, 0.2) is 41.3 Å². The van der Waals surface area contributed by atoms with Gasteiger partial charge < -0.3 is 5.32 Å². The number of nitrogens with one attached hydrogen (secondary N) is 1. The number of aromatic nitrogens is 1. The van der Waals surface area contributed by atoms with Crippen LogP contribution in [0.4, 0.5) is 20.3 Å². The number of benzene rings is 1. The number of hydrogen-bond acceptors (Lipinski definition) is 4. The van der Waals surface area contributed by atoms with E-state index in [1.54, 1.807) is 24.3 Å². The number of rotatable bonds is 4. The summed E-state index contributed by atoms with van der Waals surface area (Å²) in [7, 11) is 0. The Kier molecular flexibility index (Phi) is 4.77. The Morgan fingerprint density at radius 2 is 2.05 bits per heavy atom. The van der Waals surface area contributed by atoms with E-state index in [1.807, 2.05) is 6.07 Å². The summed E-state index contributed by atoms with van der Waals surface area (Å²) in [5.41, 5.74) is 0.822. The van der Waals surface area contributed by atoms with Crippen LogP contribution >= 0.6 is 23.4 Å². The molecule has 0 fully saturated rings. The highest BCUT2D eigenvalue weighted by Gasteiger charge is 2.10. The van der Waals surface area contributed by atoms with Crippen LogP contribution in [0.3, 0.4) is 0 Å². The van der Waals surface area contributed by atoms with Crippen LogP contribution in [0.1, 0.15) is 5.56 Å². The molecule has 1 aromatic carbocycles. The van der Waals surface area contributed by atoms with Gasteiger partial charge in [0.25, 0.3) is 5.76 Å². The second-order valence-electron chi connectivity index (χ2n) is 3.68. The predicted molar refractivity (Wildman–Crippen MR) is 75.5 cm³/mol. The number of alkyl halides is 2. The number of nitrogens with zero attached hydrogens (tertiary/aromatic N) is 2. The molecule has 102 valence electrons. The summed E-state index contributed by atoms with van der Waals surface area (Å²) in [5.74, 6) is -2.18. The predicted octanol–water partition coefficient (Wildman–Crippen LogP) is 4.66. The second-order valence-corrected chi connectivity index (χ2v) is 5.09. The number of para-hydroxylation sites is 1. The maximum atomic E-state index is 12.5. The van der Waals surface area contributed by atoms with Gasteiger partial charge in [0.2, 0.25) is 0 Å². The van der Waals surface area contributed by atoms with E-state index in [1.165, 1.54) is 12.1 Å². The molecule has 0 saturated heterocycles. The van der Waals surface area contributed by atoms with Crippen molar-refractivity contribution in [1.29, 1.82) is 5.26 Å².